The number of nitrogens with two attached hydrogens (primary N) is 1. The van der Waals surface area contributed by atoms with Crippen LogP contribution in [-0.2, 0) is 14.8 Å². The molecule has 0 heterocycles. The number of halogens is 1. The van der Waals surface area contributed by atoms with E-state index in [9.17, 15) is 17.6 Å². The number of benzene rings is 1. The molecule has 0 aliphatic carbocycles. The predicted molar refractivity (Wildman–Crippen MR) is 72.2 cm³/mol. The number of rotatable bonds is 4. The molecule has 20 heavy (non-hydrogen) atoms. The Hall–Kier alpha value is -1.47. The zero-order chi connectivity index (χ0) is 15.7. The molecule has 1 aromatic rings. The lowest BCUT2D eigenvalue weighted by atomic mass is 10.1. The van der Waals surface area contributed by atoms with Gasteiger partial charge in [-0.1, -0.05) is 13.8 Å². The van der Waals surface area contributed by atoms with Crippen LogP contribution in [0.2, 0.25) is 0 Å². The summed E-state index contributed by atoms with van der Waals surface area (Å²) in [6.07, 6.45) is -0.416. The Kier molecular flexibility index (Phi) is 4.88. The van der Waals surface area contributed by atoms with E-state index < -0.39 is 33.5 Å². The van der Waals surface area contributed by atoms with Crippen LogP contribution in [0.3, 0.4) is 0 Å². The number of aryl methyl sites for hydroxylation is 1. The molecule has 1 rings (SSSR count). The largest absolute Gasteiger partial charge is 0.459 e. The number of carbonyl (C=O) groups excluding carboxylic acids is 1. The van der Waals surface area contributed by atoms with Gasteiger partial charge in [0.25, 0.3) is 0 Å². The lowest BCUT2D eigenvalue weighted by molar-refractivity contribution is 0.0232. The first-order valence-corrected chi connectivity index (χ1v) is 7.62. The maximum absolute atomic E-state index is 13.8. The number of esters is 1. The normalized spacial score (nSPS) is 13.3. The lowest BCUT2D eigenvalue weighted by Gasteiger charge is -2.17. The molecule has 1 atom stereocenters. The molecule has 5 nitrogen and oxygen atoms in total. The van der Waals surface area contributed by atoms with Crippen LogP contribution in [0.5, 0.6) is 0 Å². The van der Waals surface area contributed by atoms with Crippen molar-refractivity contribution in [1.29, 1.82) is 0 Å². The third-order valence-electron chi connectivity index (χ3n) is 3.02. The number of hydrogen-bond acceptors (Lipinski definition) is 4. The molecule has 0 bridgehead atoms. The minimum Gasteiger partial charge on any atom is -0.459 e. The molecule has 112 valence electrons. The summed E-state index contributed by atoms with van der Waals surface area (Å²) in [5.74, 6) is -1.69. The van der Waals surface area contributed by atoms with E-state index >= 15 is 0 Å². The number of hydrogen-bond donors (Lipinski definition) is 1. The second-order valence-corrected chi connectivity index (χ2v) is 6.53. The highest BCUT2D eigenvalue weighted by Gasteiger charge is 2.22. The van der Waals surface area contributed by atoms with Crippen LogP contribution in [0.25, 0.3) is 0 Å². The summed E-state index contributed by atoms with van der Waals surface area (Å²) in [6, 6.07) is 1.87. The Labute approximate surface area is 118 Å². The van der Waals surface area contributed by atoms with Crippen LogP contribution >= 0.6 is 0 Å². The predicted octanol–water partition coefficient (Wildman–Crippen LogP) is 1.98. The first kappa shape index (κ1) is 16.6. The molecule has 1 aromatic carbocycles. The SMILES string of the molecule is Cc1cc(F)c(C(=O)OC(C)C(C)C)cc1S(N)(=O)=O. The van der Waals surface area contributed by atoms with E-state index in [4.69, 9.17) is 9.88 Å². The van der Waals surface area contributed by atoms with Crippen molar-refractivity contribution in [2.75, 3.05) is 0 Å². The molecule has 0 aromatic heterocycles. The smallest absolute Gasteiger partial charge is 0.341 e. The molecular weight excluding hydrogens is 285 g/mol. The first-order valence-electron chi connectivity index (χ1n) is 6.08. The third kappa shape index (κ3) is 3.77. The summed E-state index contributed by atoms with van der Waals surface area (Å²) in [5, 5.41) is 5.02. The third-order valence-corrected chi connectivity index (χ3v) is 4.08. The van der Waals surface area contributed by atoms with Gasteiger partial charge in [-0.25, -0.2) is 22.7 Å². The minimum atomic E-state index is -4.03. The number of carbonyl (C=O) groups is 1. The Morgan fingerprint density at radius 3 is 2.30 bits per heavy atom. The molecule has 0 radical (unpaired) electrons. The second-order valence-electron chi connectivity index (χ2n) is 5.00. The molecule has 0 saturated heterocycles. The van der Waals surface area contributed by atoms with E-state index in [1.807, 2.05) is 13.8 Å². The zero-order valence-electron chi connectivity index (χ0n) is 11.8. The van der Waals surface area contributed by atoms with Crippen molar-refractivity contribution in [1.82, 2.24) is 0 Å². The van der Waals surface area contributed by atoms with Gasteiger partial charge in [-0.3, -0.25) is 0 Å². The van der Waals surface area contributed by atoms with Crippen molar-refractivity contribution < 1.29 is 22.3 Å². The van der Waals surface area contributed by atoms with Gasteiger partial charge in [0.1, 0.15) is 11.9 Å². The summed E-state index contributed by atoms with van der Waals surface area (Å²) in [7, 11) is -4.03. The number of ether oxygens (including phenoxy) is 1. The van der Waals surface area contributed by atoms with Crippen LogP contribution in [0.1, 0.15) is 36.7 Å². The van der Waals surface area contributed by atoms with Gasteiger partial charge in [-0.2, -0.15) is 0 Å². The minimum absolute atomic E-state index is 0.0603. The van der Waals surface area contributed by atoms with E-state index in [-0.39, 0.29) is 16.4 Å². The van der Waals surface area contributed by atoms with Crippen molar-refractivity contribution in [2.24, 2.45) is 11.1 Å². The summed E-state index contributed by atoms with van der Waals surface area (Å²) in [6.45, 7) is 6.77. The Bertz CT molecular complexity index is 626. The van der Waals surface area contributed by atoms with Gasteiger partial charge in [0.2, 0.25) is 10.0 Å². The Balaban J connectivity index is 3.22. The molecule has 0 amide bonds. The monoisotopic (exact) mass is 303 g/mol. The maximum Gasteiger partial charge on any atom is 0.341 e. The van der Waals surface area contributed by atoms with Crippen molar-refractivity contribution in [3.63, 3.8) is 0 Å². The summed E-state index contributed by atoms with van der Waals surface area (Å²) >= 11 is 0. The highest BCUT2D eigenvalue weighted by atomic mass is 32.2. The van der Waals surface area contributed by atoms with Gasteiger partial charge in [-0.15, -0.1) is 0 Å². The van der Waals surface area contributed by atoms with E-state index in [1.165, 1.54) is 6.92 Å². The van der Waals surface area contributed by atoms with Crippen molar-refractivity contribution in [2.45, 2.75) is 38.7 Å². The second kappa shape index (κ2) is 5.88. The van der Waals surface area contributed by atoms with Gasteiger partial charge in [-0.05, 0) is 37.5 Å². The first-order chi connectivity index (χ1) is 9.04. The van der Waals surface area contributed by atoms with Crippen LogP contribution < -0.4 is 5.14 Å². The van der Waals surface area contributed by atoms with Gasteiger partial charge < -0.3 is 4.74 Å². The highest BCUT2D eigenvalue weighted by molar-refractivity contribution is 7.89. The maximum atomic E-state index is 13.8. The topological polar surface area (TPSA) is 86.5 Å². The van der Waals surface area contributed by atoms with Crippen LogP contribution in [0, 0.1) is 18.7 Å². The lowest BCUT2D eigenvalue weighted by Crippen LogP contribution is -2.22. The van der Waals surface area contributed by atoms with Gasteiger partial charge in [0.15, 0.2) is 0 Å². The van der Waals surface area contributed by atoms with Crippen molar-refractivity contribution >= 4 is 16.0 Å². The van der Waals surface area contributed by atoms with E-state index in [0.717, 1.165) is 12.1 Å². The molecule has 0 fully saturated rings. The molecule has 0 spiro atoms. The molecule has 0 aliphatic rings. The van der Waals surface area contributed by atoms with Gasteiger partial charge >= 0.3 is 5.97 Å². The highest BCUT2D eigenvalue weighted by Crippen LogP contribution is 2.21. The van der Waals surface area contributed by atoms with Crippen molar-refractivity contribution in [3.05, 3.63) is 29.1 Å². The zero-order valence-corrected chi connectivity index (χ0v) is 12.6. The fourth-order valence-corrected chi connectivity index (χ4v) is 2.27. The van der Waals surface area contributed by atoms with E-state index in [2.05, 4.69) is 0 Å². The Morgan fingerprint density at radius 2 is 1.85 bits per heavy atom. The summed E-state index contributed by atoms with van der Waals surface area (Å²) in [5.41, 5.74) is -0.300. The average Bonchev–Trinajstić information content (AvgIpc) is 2.26. The number of primary sulfonamides is 1. The quantitative estimate of drug-likeness (QED) is 0.862. The molecule has 0 aliphatic heterocycles. The van der Waals surface area contributed by atoms with Crippen LogP contribution in [0.15, 0.2) is 17.0 Å². The van der Waals surface area contributed by atoms with Gasteiger partial charge in [0, 0.05) is 0 Å². The summed E-state index contributed by atoms with van der Waals surface area (Å²) in [4.78, 5) is 11.6. The average molecular weight is 303 g/mol. The van der Waals surface area contributed by atoms with E-state index in [0.29, 0.717) is 0 Å². The molecule has 1 unspecified atom stereocenters. The molecular formula is C13H18FNO4S. The summed E-state index contributed by atoms with van der Waals surface area (Å²) < 4.78 is 41.6. The fraction of sp³-hybridized carbons (Fsp3) is 0.462. The molecule has 7 heteroatoms. The molecule has 2 N–H and O–H groups in total. The molecule has 0 saturated carbocycles. The van der Waals surface area contributed by atoms with E-state index in [1.54, 1.807) is 6.92 Å². The standard InChI is InChI=1S/C13H18FNO4S/c1-7(2)9(4)19-13(16)10-6-12(20(15,17)18)8(3)5-11(10)14/h5-7,9H,1-4H3,(H2,15,17,18). The number of sulfonamides is 1. The van der Waals surface area contributed by atoms with Crippen LogP contribution in [-0.4, -0.2) is 20.5 Å². The Morgan fingerprint density at radius 1 is 1.30 bits per heavy atom. The van der Waals surface area contributed by atoms with Crippen molar-refractivity contribution in [3.8, 4) is 0 Å². The van der Waals surface area contributed by atoms with Gasteiger partial charge in [0.05, 0.1) is 10.5 Å². The van der Waals surface area contributed by atoms with Crippen LogP contribution in [0.4, 0.5) is 4.39 Å². The fourth-order valence-electron chi connectivity index (χ4n) is 1.48.